The van der Waals surface area contributed by atoms with E-state index >= 15 is 0 Å². The average molecular weight is 392 g/mol. The third kappa shape index (κ3) is 8.21. The van der Waals surface area contributed by atoms with Crippen LogP contribution in [0.15, 0.2) is 0 Å². The Balaban J connectivity index is 2.44. The largest absolute Gasteiger partial charge is 0.481 e. The van der Waals surface area contributed by atoms with E-state index in [0.717, 1.165) is 19.3 Å². The Kier molecular flexibility index (Phi) is 10.4. The minimum atomic E-state index is -3.14. The Hall–Kier alpha value is -1.08. The zero-order valence-corrected chi connectivity index (χ0v) is 16.2. The van der Waals surface area contributed by atoms with Crippen molar-refractivity contribution in [3.63, 3.8) is 0 Å². The van der Waals surface area contributed by atoms with Gasteiger partial charge in [-0.25, -0.2) is 8.78 Å². The lowest BCUT2D eigenvalue weighted by Gasteiger charge is -2.26. The molecule has 0 aromatic rings. The van der Waals surface area contributed by atoms with E-state index in [2.05, 4.69) is 0 Å². The van der Waals surface area contributed by atoms with Gasteiger partial charge in [0.05, 0.1) is 6.10 Å². The number of rotatable bonds is 14. The molecule has 0 aliphatic heterocycles. The van der Waals surface area contributed by atoms with Crippen molar-refractivity contribution in [2.45, 2.75) is 102 Å². The molecule has 4 unspecified atom stereocenters. The van der Waals surface area contributed by atoms with E-state index in [1.807, 2.05) is 6.92 Å². The molecule has 5 nitrogen and oxygen atoms in total. The van der Waals surface area contributed by atoms with Gasteiger partial charge >= 0.3 is 5.97 Å². The molecule has 7 heteroatoms. The van der Waals surface area contributed by atoms with Crippen LogP contribution < -0.4 is 0 Å². The van der Waals surface area contributed by atoms with E-state index < -0.39 is 24.1 Å². The molecule has 1 rings (SSSR count). The van der Waals surface area contributed by atoms with E-state index in [4.69, 9.17) is 5.11 Å². The van der Waals surface area contributed by atoms with Crippen molar-refractivity contribution in [1.82, 2.24) is 0 Å². The summed E-state index contributed by atoms with van der Waals surface area (Å²) in [6.07, 6.45) is 1.81. The Labute approximate surface area is 160 Å². The highest BCUT2D eigenvalue weighted by Gasteiger charge is 2.43. The van der Waals surface area contributed by atoms with Crippen molar-refractivity contribution >= 4 is 11.8 Å². The number of carbonyl (C=O) groups excluding carboxylic acids is 1. The van der Waals surface area contributed by atoms with Crippen LogP contribution in [0.2, 0.25) is 0 Å². The molecule has 1 fully saturated rings. The van der Waals surface area contributed by atoms with Crippen molar-refractivity contribution in [1.29, 1.82) is 0 Å². The first kappa shape index (κ1) is 24.0. The predicted molar refractivity (Wildman–Crippen MR) is 97.7 cm³/mol. The molecular formula is C20H34F2O5. The molecule has 158 valence electrons. The van der Waals surface area contributed by atoms with Gasteiger partial charge in [0.2, 0.25) is 0 Å². The van der Waals surface area contributed by atoms with Gasteiger partial charge in [-0.15, -0.1) is 0 Å². The number of ketones is 1. The van der Waals surface area contributed by atoms with Crippen molar-refractivity contribution in [2.24, 2.45) is 11.8 Å². The van der Waals surface area contributed by atoms with Crippen LogP contribution in [-0.4, -0.2) is 45.2 Å². The van der Waals surface area contributed by atoms with Gasteiger partial charge in [-0.05, 0) is 38.0 Å². The number of aliphatic hydroxyl groups excluding tert-OH is 2. The van der Waals surface area contributed by atoms with Crippen molar-refractivity contribution < 1.29 is 33.7 Å². The molecule has 0 aromatic carbocycles. The number of alkyl halides is 2. The van der Waals surface area contributed by atoms with Gasteiger partial charge in [0.25, 0.3) is 5.92 Å². The molecule has 0 amide bonds. The monoisotopic (exact) mass is 392 g/mol. The van der Waals surface area contributed by atoms with Crippen LogP contribution in [0.1, 0.15) is 84.0 Å². The van der Waals surface area contributed by atoms with E-state index in [1.54, 1.807) is 0 Å². The third-order valence-electron chi connectivity index (χ3n) is 5.62. The Morgan fingerprint density at radius 1 is 1.19 bits per heavy atom. The number of aliphatic carboxylic acids is 1. The second-order valence-electron chi connectivity index (χ2n) is 7.81. The fourth-order valence-electron chi connectivity index (χ4n) is 3.92. The van der Waals surface area contributed by atoms with Crippen LogP contribution >= 0.6 is 0 Å². The average Bonchev–Trinajstić information content (AvgIpc) is 2.86. The predicted octanol–water partition coefficient (Wildman–Crippen LogP) is 3.94. The maximum atomic E-state index is 13.9. The summed E-state index contributed by atoms with van der Waals surface area (Å²) in [5.41, 5.74) is 0. The maximum absolute atomic E-state index is 13.9. The van der Waals surface area contributed by atoms with E-state index in [9.17, 15) is 28.6 Å². The molecule has 1 aliphatic carbocycles. The first-order valence-corrected chi connectivity index (χ1v) is 10.2. The van der Waals surface area contributed by atoms with E-state index in [-0.39, 0.29) is 49.7 Å². The highest BCUT2D eigenvalue weighted by atomic mass is 19.3. The van der Waals surface area contributed by atoms with E-state index in [0.29, 0.717) is 25.7 Å². The topological polar surface area (TPSA) is 94.8 Å². The van der Waals surface area contributed by atoms with Gasteiger partial charge < -0.3 is 15.3 Å². The molecule has 0 spiro atoms. The standard InChI is InChI=1S/C20H34F2O5/c1-2-3-12-20(21,22)18(25)11-10-15-14(16(23)13-17(15)24)8-6-4-5-7-9-19(26)27/h14-15,17-18,24-25H,2-13H2,1H3,(H,26,27). The van der Waals surface area contributed by atoms with Crippen LogP contribution in [0.3, 0.4) is 0 Å². The minimum Gasteiger partial charge on any atom is -0.481 e. The van der Waals surface area contributed by atoms with Crippen LogP contribution in [0, 0.1) is 11.8 Å². The number of halogens is 2. The summed E-state index contributed by atoms with van der Waals surface area (Å²) >= 11 is 0. The first-order valence-electron chi connectivity index (χ1n) is 10.2. The quantitative estimate of drug-likeness (QED) is 0.389. The molecule has 27 heavy (non-hydrogen) atoms. The normalized spacial score (nSPS) is 24.3. The minimum absolute atomic E-state index is 0.0368. The molecule has 0 aromatic heterocycles. The number of carbonyl (C=O) groups is 2. The Morgan fingerprint density at radius 3 is 2.48 bits per heavy atom. The van der Waals surface area contributed by atoms with Crippen molar-refractivity contribution in [3.05, 3.63) is 0 Å². The summed E-state index contributed by atoms with van der Waals surface area (Å²) < 4.78 is 27.8. The molecule has 1 saturated carbocycles. The summed E-state index contributed by atoms with van der Waals surface area (Å²) in [6.45, 7) is 1.81. The van der Waals surface area contributed by atoms with Gasteiger partial charge in [-0.1, -0.05) is 32.6 Å². The maximum Gasteiger partial charge on any atom is 0.303 e. The van der Waals surface area contributed by atoms with Crippen LogP contribution in [0.4, 0.5) is 8.78 Å². The second kappa shape index (κ2) is 11.7. The number of carboxylic acid groups (broad SMARTS) is 1. The first-order chi connectivity index (χ1) is 12.7. The molecule has 3 N–H and O–H groups in total. The summed E-state index contributed by atoms with van der Waals surface area (Å²) in [7, 11) is 0. The van der Waals surface area contributed by atoms with Gasteiger partial charge in [-0.2, -0.15) is 0 Å². The van der Waals surface area contributed by atoms with Crippen LogP contribution in [0.5, 0.6) is 0 Å². The third-order valence-corrected chi connectivity index (χ3v) is 5.62. The number of unbranched alkanes of at least 4 members (excludes halogenated alkanes) is 4. The zero-order chi connectivity index (χ0) is 20.4. The van der Waals surface area contributed by atoms with Crippen molar-refractivity contribution in [3.8, 4) is 0 Å². The Morgan fingerprint density at radius 2 is 1.85 bits per heavy atom. The SMILES string of the molecule is CCCCC(F)(F)C(O)CCC1C(O)CC(=O)C1CCCCCCC(=O)O. The van der Waals surface area contributed by atoms with Gasteiger partial charge in [0, 0.05) is 25.2 Å². The van der Waals surface area contributed by atoms with Gasteiger partial charge in [-0.3, -0.25) is 9.59 Å². The summed E-state index contributed by atoms with van der Waals surface area (Å²) in [6, 6.07) is 0. The lowest BCUT2D eigenvalue weighted by molar-refractivity contribution is -0.137. The number of hydrogen-bond acceptors (Lipinski definition) is 4. The number of Topliss-reactive ketones (excluding diaryl/α,β-unsaturated/α-hetero) is 1. The second-order valence-corrected chi connectivity index (χ2v) is 7.81. The summed E-state index contributed by atoms with van der Waals surface area (Å²) in [4.78, 5) is 22.6. The molecule has 4 atom stereocenters. The highest BCUT2D eigenvalue weighted by Crippen LogP contribution is 2.38. The van der Waals surface area contributed by atoms with Gasteiger partial charge in [0.1, 0.15) is 11.9 Å². The lowest BCUT2D eigenvalue weighted by Crippen LogP contribution is -2.34. The molecule has 0 bridgehead atoms. The Bertz CT molecular complexity index is 469. The number of aliphatic hydroxyl groups is 2. The molecule has 0 saturated heterocycles. The fourth-order valence-corrected chi connectivity index (χ4v) is 3.92. The highest BCUT2D eigenvalue weighted by molar-refractivity contribution is 5.84. The molecule has 0 radical (unpaired) electrons. The van der Waals surface area contributed by atoms with Crippen molar-refractivity contribution in [2.75, 3.05) is 0 Å². The lowest BCUT2D eigenvalue weighted by atomic mass is 9.84. The van der Waals surface area contributed by atoms with Crippen LogP contribution in [-0.2, 0) is 9.59 Å². The van der Waals surface area contributed by atoms with Gasteiger partial charge in [0.15, 0.2) is 0 Å². The summed E-state index contributed by atoms with van der Waals surface area (Å²) in [5.74, 6) is -4.73. The smallest absolute Gasteiger partial charge is 0.303 e. The van der Waals surface area contributed by atoms with Crippen LogP contribution in [0.25, 0.3) is 0 Å². The number of hydrogen-bond donors (Lipinski definition) is 3. The molecule has 0 heterocycles. The van der Waals surface area contributed by atoms with E-state index in [1.165, 1.54) is 0 Å². The molecular weight excluding hydrogens is 358 g/mol. The molecule has 1 aliphatic rings. The fraction of sp³-hybridized carbons (Fsp3) is 0.900. The number of carboxylic acids is 1. The zero-order valence-electron chi connectivity index (χ0n) is 16.2. The summed E-state index contributed by atoms with van der Waals surface area (Å²) in [5, 5.41) is 28.6.